The molecule has 2 aliphatic heterocycles. The van der Waals surface area contributed by atoms with Crippen LogP contribution in [-0.2, 0) is 6.42 Å². The molecule has 1 saturated heterocycles. The first kappa shape index (κ1) is 12.9. The van der Waals surface area contributed by atoms with Gasteiger partial charge in [0.05, 0.1) is 6.61 Å². The Morgan fingerprint density at radius 2 is 2.16 bits per heavy atom. The number of hydrogen-bond donors (Lipinski definition) is 1. The van der Waals surface area contributed by atoms with E-state index in [9.17, 15) is 0 Å². The third-order valence-corrected chi connectivity index (χ3v) is 4.34. The number of aryl methyl sites for hydroxylation is 1. The summed E-state index contributed by atoms with van der Waals surface area (Å²) in [5, 5.41) is 3.47. The summed E-state index contributed by atoms with van der Waals surface area (Å²) in [7, 11) is 0. The van der Waals surface area contributed by atoms with E-state index in [0.29, 0.717) is 6.04 Å². The van der Waals surface area contributed by atoms with Gasteiger partial charge in [0.15, 0.2) is 0 Å². The molecule has 1 atom stereocenters. The zero-order valence-corrected chi connectivity index (χ0v) is 11.8. The number of ether oxygens (including phenoxy) is 1. The largest absolute Gasteiger partial charge is 0.493 e. The Bertz CT molecular complexity index is 425. The Morgan fingerprint density at radius 3 is 3.11 bits per heavy atom. The molecule has 0 amide bonds. The second-order valence-corrected chi connectivity index (χ2v) is 5.63. The average Bonchev–Trinajstić information content (AvgIpc) is 2.75. The molecule has 1 fully saturated rings. The third-order valence-electron chi connectivity index (χ3n) is 4.34. The van der Waals surface area contributed by atoms with Crippen molar-refractivity contribution in [2.75, 3.05) is 32.8 Å². The summed E-state index contributed by atoms with van der Waals surface area (Å²) in [5.41, 5.74) is 2.83. The fourth-order valence-electron chi connectivity index (χ4n) is 3.10. The summed E-state index contributed by atoms with van der Waals surface area (Å²) in [6.07, 6.45) is 3.56. The quantitative estimate of drug-likeness (QED) is 0.883. The number of hydrogen-bond acceptors (Lipinski definition) is 3. The predicted molar refractivity (Wildman–Crippen MR) is 77.7 cm³/mol. The third kappa shape index (κ3) is 2.93. The molecule has 2 heterocycles. The van der Waals surface area contributed by atoms with Crippen LogP contribution in [0.2, 0.25) is 0 Å². The standard InChI is InChI=1S/C16H24N2O/c1-13(18-9-3-7-17-8-10-18)14-5-6-16-15(12-14)4-2-11-19-16/h5-6,12-13,17H,2-4,7-11H2,1H3. The molecule has 0 aromatic heterocycles. The van der Waals surface area contributed by atoms with Gasteiger partial charge in [0.2, 0.25) is 0 Å². The molecular formula is C16H24N2O. The maximum absolute atomic E-state index is 5.70. The zero-order chi connectivity index (χ0) is 13.1. The molecule has 1 aromatic carbocycles. The summed E-state index contributed by atoms with van der Waals surface area (Å²) in [6, 6.07) is 7.27. The van der Waals surface area contributed by atoms with E-state index in [4.69, 9.17) is 4.74 Å². The van der Waals surface area contributed by atoms with Crippen molar-refractivity contribution >= 4 is 0 Å². The van der Waals surface area contributed by atoms with Crippen LogP contribution in [0.1, 0.15) is 36.9 Å². The lowest BCUT2D eigenvalue weighted by atomic mass is 9.99. The van der Waals surface area contributed by atoms with E-state index in [1.54, 1.807) is 0 Å². The average molecular weight is 260 g/mol. The van der Waals surface area contributed by atoms with E-state index in [2.05, 4.69) is 35.3 Å². The lowest BCUT2D eigenvalue weighted by Crippen LogP contribution is -2.30. The van der Waals surface area contributed by atoms with Crippen LogP contribution in [0.3, 0.4) is 0 Å². The topological polar surface area (TPSA) is 24.5 Å². The van der Waals surface area contributed by atoms with Gasteiger partial charge in [0.25, 0.3) is 0 Å². The minimum Gasteiger partial charge on any atom is -0.493 e. The molecule has 3 heteroatoms. The highest BCUT2D eigenvalue weighted by molar-refractivity contribution is 5.39. The molecule has 0 aliphatic carbocycles. The predicted octanol–water partition coefficient (Wildman–Crippen LogP) is 2.37. The van der Waals surface area contributed by atoms with E-state index in [0.717, 1.165) is 44.8 Å². The maximum Gasteiger partial charge on any atom is 0.122 e. The lowest BCUT2D eigenvalue weighted by molar-refractivity contribution is 0.224. The number of nitrogens with zero attached hydrogens (tertiary/aromatic N) is 1. The Hall–Kier alpha value is -1.06. The van der Waals surface area contributed by atoms with Crippen LogP contribution in [0, 0.1) is 0 Å². The first-order valence-corrected chi connectivity index (χ1v) is 7.55. The number of rotatable bonds is 2. The molecule has 104 valence electrons. The molecule has 0 spiro atoms. The molecule has 2 aliphatic rings. The van der Waals surface area contributed by atoms with Crippen LogP contribution in [0.4, 0.5) is 0 Å². The Kier molecular flexibility index (Phi) is 4.04. The molecule has 19 heavy (non-hydrogen) atoms. The SMILES string of the molecule is CC(c1ccc2c(c1)CCCO2)N1CCCNCC1. The van der Waals surface area contributed by atoms with Crippen molar-refractivity contribution in [1.82, 2.24) is 10.2 Å². The summed E-state index contributed by atoms with van der Waals surface area (Å²) >= 11 is 0. The first-order chi connectivity index (χ1) is 9.34. The van der Waals surface area contributed by atoms with Gasteiger partial charge in [0, 0.05) is 19.1 Å². The summed E-state index contributed by atoms with van der Waals surface area (Å²) in [5.74, 6) is 1.10. The van der Waals surface area contributed by atoms with Gasteiger partial charge in [-0.1, -0.05) is 12.1 Å². The highest BCUT2D eigenvalue weighted by Crippen LogP contribution is 2.29. The van der Waals surface area contributed by atoms with E-state index in [1.165, 1.54) is 24.1 Å². The monoisotopic (exact) mass is 260 g/mol. The first-order valence-electron chi connectivity index (χ1n) is 7.55. The number of benzene rings is 1. The minimum absolute atomic E-state index is 0.507. The van der Waals surface area contributed by atoms with Gasteiger partial charge in [-0.25, -0.2) is 0 Å². The number of fused-ring (bicyclic) bond motifs is 1. The van der Waals surface area contributed by atoms with Crippen LogP contribution in [0.5, 0.6) is 5.75 Å². The normalized spacial score (nSPS) is 22.2. The van der Waals surface area contributed by atoms with E-state index in [-0.39, 0.29) is 0 Å². The van der Waals surface area contributed by atoms with Gasteiger partial charge in [0.1, 0.15) is 5.75 Å². The maximum atomic E-state index is 5.70. The van der Waals surface area contributed by atoms with Gasteiger partial charge in [-0.05, 0) is 56.5 Å². The van der Waals surface area contributed by atoms with E-state index < -0.39 is 0 Å². The summed E-state index contributed by atoms with van der Waals surface area (Å²) < 4.78 is 5.70. The lowest BCUT2D eigenvalue weighted by Gasteiger charge is -2.28. The smallest absolute Gasteiger partial charge is 0.122 e. The van der Waals surface area contributed by atoms with Crippen molar-refractivity contribution in [3.8, 4) is 5.75 Å². The van der Waals surface area contributed by atoms with Crippen molar-refractivity contribution in [1.29, 1.82) is 0 Å². The highest BCUT2D eigenvalue weighted by atomic mass is 16.5. The highest BCUT2D eigenvalue weighted by Gasteiger charge is 2.19. The van der Waals surface area contributed by atoms with Crippen molar-refractivity contribution in [2.45, 2.75) is 32.2 Å². The van der Waals surface area contributed by atoms with Crippen LogP contribution >= 0.6 is 0 Å². The molecule has 3 nitrogen and oxygen atoms in total. The van der Waals surface area contributed by atoms with Gasteiger partial charge < -0.3 is 10.1 Å². The van der Waals surface area contributed by atoms with Gasteiger partial charge >= 0.3 is 0 Å². The Labute approximate surface area is 115 Å². The molecule has 1 N–H and O–H groups in total. The van der Waals surface area contributed by atoms with Crippen molar-refractivity contribution in [3.05, 3.63) is 29.3 Å². The fraction of sp³-hybridized carbons (Fsp3) is 0.625. The molecule has 0 bridgehead atoms. The van der Waals surface area contributed by atoms with Crippen LogP contribution < -0.4 is 10.1 Å². The zero-order valence-electron chi connectivity index (χ0n) is 11.8. The second-order valence-electron chi connectivity index (χ2n) is 5.63. The van der Waals surface area contributed by atoms with Crippen molar-refractivity contribution in [3.63, 3.8) is 0 Å². The van der Waals surface area contributed by atoms with Crippen LogP contribution in [0.25, 0.3) is 0 Å². The molecule has 0 saturated carbocycles. The van der Waals surface area contributed by atoms with E-state index in [1.807, 2.05) is 0 Å². The van der Waals surface area contributed by atoms with Gasteiger partial charge in [-0.15, -0.1) is 0 Å². The van der Waals surface area contributed by atoms with Gasteiger partial charge in [-0.2, -0.15) is 0 Å². The number of nitrogens with one attached hydrogen (secondary N) is 1. The molecule has 1 unspecified atom stereocenters. The van der Waals surface area contributed by atoms with Crippen LogP contribution in [-0.4, -0.2) is 37.7 Å². The second kappa shape index (κ2) is 5.93. The fourth-order valence-corrected chi connectivity index (χ4v) is 3.10. The van der Waals surface area contributed by atoms with Crippen LogP contribution in [0.15, 0.2) is 18.2 Å². The summed E-state index contributed by atoms with van der Waals surface area (Å²) in [6.45, 7) is 7.81. The minimum atomic E-state index is 0.507. The molecule has 3 rings (SSSR count). The van der Waals surface area contributed by atoms with Gasteiger partial charge in [-0.3, -0.25) is 4.90 Å². The van der Waals surface area contributed by atoms with Crippen molar-refractivity contribution in [2.24, 2.45) is 0 Å². The Balaban J connectivity index is 1.76. The van der Waals surface area contributed by atoms with Crippen molar-refractivity contribution < 1.29 is 4.74 Å². The Morgan fingerprint density at radius 1 is 1.21 bits per heavy atom. The molecule has 0 radical (unpaired) electrons. The van der Waals surface area contributed by atoms with E-state index >= 15 is 0 Å². The molecular weight excluding hydrogens is 236 g/mol. The summed E-state index contributed by atoms with van der Waals surface area (Å²) in [4.78, 5) is 2.59. The molecule has 1 aromatic rings.